The molecular formula is C12H17N5. The van der Waals surface area contributed by atoms with Crippen molar-refractivity contribution >= 4 is 5.82 Å². The van der Waals surface area contributed by atoms with Crippen LogP contribution in [0.3, 0.4) is 0 Å². The van der Waals surface area contributed by atoms with Crippen molar-refractivity contribution in [2.45, 2.75) is 31.8 Å². The second kappa shape index (κ2) is 5.62. The summed E-state index contributed by atoms with van der Waals surface area (Å²) < 4.78 is 0. The monoisotopic (exact) mass is 231 g/mol. The quantitative estimate of drug-likeness (QED) is 0.569. The second-order valence-corrected chi connectivity index (χ2v) is 4.31. The molecule has 5 nitrogen and oxygen atoms in total. The molecule has 0 amide bonds. The lowest BCUT2D eigenvalue weighted by molar-refractivity contribution is 0.260. The maximum Gasteiger partial charge on any atom is 0.139 e. The number of hydrogen-bond donors (Lipinski definition) is 2. The van der Waals surface area contributed by atoms with Gasteiger partial charge in [0.05, 0.1) is 6.07 Å². The molecule has 5 heteroatoms. The van der Waals surface area contributed by atoms with Crippen molar-refractivity contribution < 1.29 is 0 Å². The molecule has 1 heterocycles. The van der Waals surface area contributed by atoms with Crippen molar-refractivity contribution in [3.63, 3.8) is 0 Å². The Morgan fingerprint density at radius 1 is 1.53 bits per heavy atom. The van der Waals surface area contributed by atoms with E-state index >= 15 is 0 Å². The van der Waals surface area contributed by atoms with E-state index in [9.17, 15) is 0 Å². The lowest BCUT2D eigenvalue weighted by atomic mass is 10.2. The Morgan fingerprint density at radius 2 is 2.35 bits per heavy atom. The SMILES string of the molecule is N#CCCN(Cc1ccc(NN)nc1)C1CC1. The zero-order chi connectivity index (χ0) is 12.1. The second-order valence-electron chi connectivity index (χ2n) is 4.31. The van der Waals surface area contributed by atoms with Crippen LogP contribution in [0.2, 0.25) is 0 Å². The number of hydrogen-bond acceptors (Lipinski definition) is 5. The van der Waals surface area contributed by atoms with Gasteiger partial charge in [0.1, 0.15) is 5.82 Å². The first-order valence-electron chi connectivity index (χ1n) is 5.86. The smallest absolute Gasteiger partial charge is 0.139 e. The first-order chi connectivity index (χ1) is 8.33. The number of aromatic nitrogens is 1. The number of nitrogens with two attached hydrogens (primary N) is 1. The first-order valence-corrected chi connectivity index (χ1v) is 5.86. The summed E-state index contributed by atoms with van der Waals surface area (Å²) in [6.45, 7) is 1.71. The molecule has 0 atom stereocenters. The molecule has 1 fully saturated rings. The highest BCUT2D eigenvalue weighted by atomic mass is 15.2. The molecule has 0 saturated heterocycles. The minimum Gasteiger partial charge on any atom is -0.308 e. The molecule has 1 aliphatic carbocycles. The van der Waals surface area contributed by atoms with Gasteiger partial charge >= 0.3 is 0 Å². The lowest BCUT2D eigenvalue weighted by Crippen LogP contribution is -2.26. The summed E-state index contributed by atoms with van der Waals surface area (Å²) in [6, 6.07) is 6.75. The highest BCUT2D eigenvalue weighted by Crippen LogP contribution is 2.28. The van der Waals surface area contributed by atoms with Crippen molar-refractivity contribution in [3.05, 3.63) is 23.9 Å². The van der Waals surface area contributed by atoms with Gasteiger partial charge in [-0.2, -0.15) is 5.26 Å². The molecule has 1 aromatic heterocycles. The van der Waals surface area contributed by atoms with Crippen LogP contribution in [0.4, 0.5) is 5.82 Å². The largest absolute Gasteiger partial charge is 0.308 e. The van der Waals surface area contributed by atoms with Crippen molar-refractivity contribution in [1.29, 1.82) is 5.26 Å². The van der Waals surface area contributed by atoms with Gasteiger partial charge in [-0.05, 0) is 24.5 Å². The standard InChI is InChI=1S/C12H17N5/c13-6-1-7-17(11-3-4-11)9-10-2-5-12(16-14)15-8-10/h2,5,8,11H,1,3-4,7,9,14H2,(H,15,16). The van der Waals surface area contributed by atoms with Crippen LogP contribution in [-0.2, 0) is 6.54 Å². The number of pyridine rings is 1. The van der Waals surface area contributed by atoms with Crippen molar-refractivity contribution in [2.24, 2.45) is 5.84 Å². The van der Waals surface area contributed by atoms with Crippen LogP contribution in [0.5, 0.6) is 0 Å². The van der Waals surface area contributed by atoms with E-state index in [1.165, 1.54) is 12.8 Å². The van der Waals surface area contributed by atoms with Crippen LogP contribution in [0.25, 0.3) is 0 Å². The fraction of sp³-hybridized carbons (Fsp3) is 0.500. The van der Waals surface area contributed by atoms with Gasteiger partial charge in [-0.15, -0.1) is 0 Å². The normalized spacial score (nSPS) is 14.6. The number of nitriles is 1. The Hall–Kier alpha value is -1.64. The first kappa shape index (κ1) is 11.8. The maximum absolute atomic E-state index is 8.64. The molecule has 90 valence electrons. The molecule has 1 aliphatic rings. The zero-order valence-corrected chi connectivity index (χ0v) is 9.76. The number of nitrogen functional groups attached to an aromatic ring is 1. The Balaban J connectivity index is 1.94. The zero-order valence-electron chi connectivity index (χ0n) is 9.76. The number of anilines is 1. The molecule has 0 radical (unpaired) electrons. The van der Waals surface area contributed by atoms with Gasteiger partial charge in [0.25, 0.3) is 0 Å². The van der Waals surface area contributed by atoms with Crippen LogP contribution in [0.15, 0.2) is 18.3 Å². The van der Waals surface area contributed by atoms with E-state index in [1.807, 2.05) is 18.3 Å². The van der Waals surface area contributed by atoms with E-state index in [0.29, 0.717) is 18.3 Å². The molecule has 1 aromatic rings. The van der Waals surface area contributed by atoms with Gasteiger partial charge in [0.2, 0.25) is 0 Å². The highest BCUT2D eigenvalue weighted by Gasteiger charge is 2.28. The van der Waals surface area contributed by atoms with Crippen LogP contribution in [-0.4, -0.2) is 22.5 Å². The molecule has 17 heavy (non-hydrogen) atoms. The summed E-state index contributed by atoms with van der Waals surface area (Å²) in [7, 11) is 0. The van der Waals surface area contributed by atoms with E-state index in [0.717, 1.165) is 18.7 Å². The Bertz CT molecular complexity index is 390. The van der Waals surface area contributed by atoms with E-state index in [4.69, 9.17) is 11.1 Å². The van der Waals surface area contributed by atoms with E-state index in [1.54, 1.807) is 0 Å². The summed E-state index contributed by atoms with van der Waals surface area (Å²) in [6.07, 6.45) is 4.92. The van der Waals surface area contributed by atoms with E-state index < -0.39 is 0 Å². The van der Waals surface area contributed by atoms with Crippen molar-refractivity contribution in [3.8, 4) is 6.07 Å². The van der Waals surface area contributed by atoms with Crippen LogP contribution < -0.4 is 11.3 Å². The minimum atomic E-state index is 0.590. The van der Waals surface area contributed by atoms with Gasteiger partial charge in [-0.1, -0.05) is 6.07 Å². The minimum absolute atomic E-state index is 0.590. The topological polar surface area (TPSA) is 78.0 Å². The van der Waals surface area contributed by atoms with Gasteiger partial charge in [-0.3, -0.25) is 4.90 Å². The third-order valence-electron chi connectivity index (χ3n) is 2.93. The van der Waals surface area contributed by atoms with Gasteiger partial charge in [-0.25, -0.2) is 10.8 Å². The van der Waals surface area contributed by atoms with E-state index in [2.05, 4.69) is 21.4 Å². The number of hydrazine groups is 1. The predicted octanol–water partition coefficient (Wildman–Crippen LogP) is 1.25. The Kier molecular flexibility index (Phi) is 3.91. The summed E-state index contributed by atoms with van der Waals surface area (Å²) in [4.78, 5) is 6.54. The van der Waals surface area contributed by atoms with E-state index in [-0.39, 0.29) is 0 Å². The average Bonchev–Trinajstić information content (AvgIpc) is 3.19. The Morgan fingerprint density at radius 3 is 2.88 bits per heavy atom. The maximum atomic E-state index is 8.64. The van der Waals surface area contributed by atoms with Crippen molar-refractivity contribution in [2.75, 3.05) is 12.0 Å². The van der Waals surface area contributed by atoms with Gasteiger partial charge in [0.15, 0.2) is 0 Å². The molecule has 0 aliphatic heterocycles. The van der Waals surface area contributed by atoms with Gasteiger partial charge < -0.3 is 5.43 Å². The highest BCUT2D eigenvalue weighted by molar-refractivity contribution is 5.33. The molecule has 1 saturated carbocycles. The molecule has 0 aromatic carbocycles. The number of nitrogens with one attached hydrogen (secondary N) is 1. The third-order valence-corrected chi connectivity index (χ3v) is 2.93. The fourth-order valence-corrected chi connectivity index (χ4v) is 1.86. The summed E-state index contributed by atoms with van der Waals surface area (Å²) >= 11 is 0. The number of rotatable bonds is 6. The third kappa shape index (κ3) is 3.41. The molecule has 0 bridgehead atoms. The molecule has 3 N–H and O–H groups in total. The summed E-state index contributed by atoms with van der Waals surface area (Å²) in [5.41, 5.74) is 3.67. The number of nitrogens with zero attached hydrogens (tertiary/aromatic N) is 3. The molecule has 2 rings (SSSR count). The molecule has 0 unspecified atom stereocenters. The average molecular weight is 231 g/mol. The van der Waals surface area contributed by atoms with Crippen LogP contribution in [0, 0.1) is 11.3 Å². The summed E-state index contributed by atoms with van der Waals surface area (Å²) in [5, 5.41) is 8.64. The summed E-state index contributed by atoms with van der Waals surface area (Å²) in [5.74, 6) is 5.94. The van der Waals surface area contributed by atoms with Crippen LogP contribution >= 0.6 is 0 Å². The molecule has 0 spiro atoms. The Labute approximate surface area is 101 Å². The lowest BCUT2D eigenvalue weighted by Gasteiger charge is -2.20. The predicted molar refractivity (Wildman–Crippen MR) is 65.7 cm³/mol. The molecular weight excluding hydrogens is 214 g/mol. The van der Waals surface area contributed by atoms with Gasteiger partial charge in [0, 0.05) is 31.7 Å². The van der Waals surface area contributed by atoms with Crippen molar-refractivity contribution in [1.82, 2.24) is 9.88 Å². The van der Waals surface area contributed by atoms with Crippen LogP contribution in [0.1, 0.15) is 24.8 Å². The fourth-order valence-electron chi connectivity index (χ4n) is 1.86.